The molecule has 2 aliphatic rings. The van der Waals surface area contributed by atoms with E-state index >= 15 is 0 Å². The van der Waals surface area contributed by atoms with Gasteiger partial charge in [-0.25, -0.2) is 4.79 Å². The molecule has 1 amide bonds. The maximum absolute atomic E-state index is 12.4. The Morgan fingerprint density at radius 3 is 2.55 bits per heavy atom. The first-order valence-electron chi connectivity index (χ1n) is 8.12. The summed E-state index contributed by atoms with van der Waals surface area (Å²) in [6.45, 7) is 6.63. The molecule has 1 saturated heterocycles. The van der Waals surface area contributed by atoms with Crippen molar-refractivity contribution in [3.63, 3.8) is 0 Å². The molecule has 0 spiro atoms. The lowest BCUT2D eigenvalue weighted by atomic mass is 9.78. The number of ether oxygens (including phenoxy) is 1. The first-order chi connectivity index (χ1) is 9.37. The molecule has 0 radical (unpaired) electrons. The summed E-state index contributed by atoms with van der Waals surface area (Å²) in [6.07, 6.45) is 7.88. The molecule has 1 saturated carbocycles. The number of nitrogens with zero attached hydrogens (tertiary/aromatic N) is 1. The van der Waals surface area contributed by atoms with E-state index < -0.39 is 5.60 Å². The van der Waals surface area contributed by atoms with Gasteiger partial charge in [0.1, 0.15) is 5.60 Å². The van der Waals surface area contributed by atoms with Gasteiger partial charge in [-0.15, -0.1) is 0 Å². The van der Waals surface area contributed by atoms with Crippen molar-refractivity contribution in [3.8, 4) is 0 Å². The van der Waals surface area contributed by atoms with Gasteiger partial charge in [0.15, 0.2) is 0 Å². The molecule has 2 rings (SSSR count). The predicted octanol–water partition coefficient (Wildman–Crippen LogP) is 3.29. The lowest BCUT2D eigenvalue weighted by Crippen LogP contribution is -2.51. The molecular weight excluding hydrogens is 252 g/mol. The van der Waals surface area contributed by atoms with Crippen LogP contribution in [-0.4, -0.2) is 35.2 Å². The Balaban J connectivity index is 2.02. The quantitative estimate of drug-likeness (QED) is 0.803. The Kier molecular flexibility index (Phi) is 4.95. The summed E-state index contributed by atoms with van der Waals surface area (Å²) in [5.41, 5.74) is 5.71. The van der Waals surface area contributed by atoms with Crippen LogP contribution in [0.2, 0.25) is 0 Å². The summed E-state index contributed by atoms with van der Waals surface area (Å²) >= 11 is 0. The SMILES string of the molecule is CC(C)(C)OC(=O)N1CCCC[C@@H]1[C@@H]1CCC[C@@H](N)C1. The summed E-state index contributed by atoms with van der Waals surface area (Å²) in [7, 11) is 0. The topological polar surface area (TPSA) is 55.6 Å². The Labute approximate surface area is 123 Å². The van der Waals surface area contributed by atoms with E-state index in [2.05, 4.69) is 0 Å². The van der Waals surface area contributed by atoms with Crippen LogP contribution in [0.15, 0.2) is 0 Å². The van der Waals surface area contributed by atoms with Crippen molar-refractivity contribution in [1.82, 2.24) is 4.90 Å². The lowest BCUT2D eigenvalue weighted by Gasteiger charge is -2.43. The largest absolute Gasteiger partial charge is 0.444 e. The number of hydrogen-bond donors (Lipinski definition) is 1. The highest BCUT2D eigenvalue weighted by molar-refractivity contribution is 5.68. The summed E-state index contributed by atoms with van der Waals surface area (Å²) in [6, 6.07) is 0.654. The molecular formula is C16H30N2O2. The molecule has 0 aromatic heterocycles. The number of rotatable bonds is 1. The molecule has 2 fully saturated rings. The molecule has 1 aliphatic carbocycles. The maximum Gasteiger partial charge on any atom is 0.410 e. The lowest BCUT2D eigenvalue weighted by molar-refractivity contribution is -0.00234. The van der Waals surface area contributed by atoms with E-state index in [9.17, 15) is 4.79 Å². The summed E-state index contributed by atoms with van der Waals surface area (Å²) in [5.74, 6) is 0.562. The van der Waals surface area contributed by atoms with Gasteiger partial charge in [0.05, 0.1) is 0 Å². The highest BCUT2D eigenvalue weighted by Gasteiger charge is 2.36. The number of likely N-dealkylation sites (tertiary alicyclic amines) is 1. The van der Waals surface area contributed by atoms with Crippen LogP contribution in [0.25, 0.3) is 0 Å². The molecule has 1 aliphatic heterocycles. The van der Waals surface area contributed by atoms with Crippen LogP contribution in [0.5, 0.6) is 0 Å². The molecule has 4 nitrogen and oxygen atoms in total. The fourth-order valence-electron chi connectivity index (χ4n) is 3.61. The first-order valence-corrected chi connectivity index (χ1v) is 8.12. The third kappa shape index (κ3) is 4.11. The van der Waals surface area contributed by atoms with E-state index in [1.807, 2.05) is 25.7 Å². The Morgan fingerprint density at radius 1 is 1.15 bits per heavy atom. The number of carbonyl (C=O) groups excluding carboxylic acids is 1. The number of hydrogen-bond acceptors (Lipinski definition) is 3. The Morgan fingerprint density at radius 2 is 1.90 bits per heavy atom. The number of carbonyl (C=O) groups is 1. The molecule has 116 valence electrons. The van der Waals surface area contributed by atoms with E-state index in [4.69, 9.17) is 10.5 Å². The van der Waals surface area contributed by atoms with Crippen molar-refractivity contribution in [2.75, 3.05) is 6.54 Å². The van der Waals surface area contributed by atoms with Gasteiger partial charge in [-0.3, -0.25) is 0 Å². The molecule has 2 N–H and O–H groups in total. The minimum atomic E-state index is -0.415. The molecule has 0 aromatic rings. The zero-order valence-electron chi connectivity index (χ0n) is 13.2. The van der Waals surface area contributed by atoms with Gasteiger partial charge in [0, 0.05) is 18.6 Å². The highest BCUT2D eigenvalue weighted by atomic mass is 16.6. The van der Waals surface area contributed by atoms with E-state index in [1.54, 1.807) is 0 Å². The third-order valence-electron chi connectivity index (χ3n) is 4.48. The van der Waals surface area contributed by atoms with Gasteiger partial charge in [0.25, 0.3) is 0 Å². The van der Waals surface area contributed by atoms with Crippen molar-refractivity contribution in [2.24, 2.45) is 11.7 Å². The summed E-state index contributed by atoms with van der Waals surface area (Å²) in [5, 5.41) is 0. The van der Waals surface area contributed by atoms with E-state index in [0.29, 0.717) is 18.0 Å². The Hall–Kier alpha value is -0.770. The van der Waals surface area contributed by atoms with Gasteiger partial charge < -0.3 is 15.4 Å². The van der Waals surface area contributed by atoms with Crippen LogP contribution in [-0.2, 0) is 4.74 Å². The maximum atomic E-state index is 12.4. The average molecular weight is 282 g/mol. The van der Waals surface area contributed by atoms with Crippen molar-refractivity contribution in [1.29, 1.82) is 0 Å². The molecule has 0 unspecified atom stereocenters. The van der Waals surface area contributed by atoms with Crippen LogP contribution in [0, 0.1) is 5.92 Å². The molecule has 4 heteroatoms. The average Bonchev–Trinajstić information content (AvgIpc) is 2.37. The minimum absolute atomic E-state index is 0.138. The molecule has 0 aromatic carbocycles. The number of nitrogens with two attached hydrogens (primary N) is 1. The first kappa shape index (κ1) is 15.6. The monoisotopic (exact) mass is 282 g/mol. The zero-order chi connectivity index (χ0) is 14.8. The normalized spacial score (nSPS) is 32.0. The fraction of sp³-hybridized carbons (Fsp3) is 0.938. The smallest absolute Gasteiger partial charge is 0.410 e. The van der Waals surface area contributed by atoms with Crippen molar-refractivity contribution >= 4 is 6.09 Å². The van der Waals surface area contributed by atoms with Crippen molar-refractivity contribution < 1.29 is 9.53 Å². The van der Waals surface area contributed by atoms with Crippen LogP contribution in [0.4, 0.5) is 4.79 Å². The standard InChI is InChI=1S/C16H30N2O2/c1-16(2,3)20-15(19)18-10-5-4-9-14(18)12-7-6-8-13(17)11-12/h12-14H,4-11,17H2,1-3H3/t12-,13-,14-/m1/s1. The van der Waals surface area contributed by atoms with Gasteiger partial charge in [-0.05, 0) is 65.2 Å². The molecule has 0 bridgehead atoms. The minimum Gasteiger partial charge on any atom is -0.444 e. The second-order valence-electron chi connectivity index (χ2n) is 7.42. The Bertz CT molecular complexity index is 338. The number of amides is 1. The van der Waals surface area contributed by atoms with Gasteiger partial charge in [0.2, 0.25) is 0 Å². The van der Waals surface area contributed by atoms with Crippen molar-refractivity contribution in [2.45, 2.75) is 83.4 Å². The zero-order valence-corrected chi connectivity index (χ0v) is 13.2. The van der Waals surface area contributed by atoms with Gasteiger partial charge in [-0.1, -0.05) is 6.42 Å². The second kappa shape index (κ2) is 6.33. The van der Waals surface area contributed by atoms with Crippen LogP contribution < -0.4 is 5.73 Å². The van der Waals surface area contributed by atoms with E-state index in [-0.39, 0.29) is 6.09 Å². The van der Waals surface area contributed by atoms with Crippen LogP contribution >= 0.6 is 0 Å². The second-order valence-corrected chi connectivity index (χ2v) is 7.42. The molecule has 1 heterocycles. The summed E-state index contributed by atoms with van der Waals surface area (Å²) < 4.78 is 5.58. The fourth-order valence-corrected chi connectivity index (χ4v) is 3.61. The van der Waals surface area contributed by atoms with E-state index in [0.717, 1.165) is 32.2 Å². The van der Waals surface area contributed by atoms with E-state index in [1.165, 1.54) is 19.3 Å². The number of piperidine rings is 1. The highest BCUT2D eigenvalue weighted by Crippen LogP contribution is 2.34. The van der Waals surface area contributed by atoms with Gasteiger partial charge in [-0.2, -0.15) is 0 Å². The predicted molar refractivity (Wildman–Crippen MR) is 80.5 cm³/mol. The summed E-state index contributed by atoms with van der Waals surface area (Å²) in [4.78, 5) is 14.4. The molecule has 20 heavy (non-hydrogen) atoms. The third-order valence-corrected chi connectivity index (χ3v) is 4.48. The van der Waals surface area contributed by atoms with Crippen LogP contribution in [0.1, 0.15) is 65.7 Å². The van der Waals surface area contributed by atoms with Crippen molar-refractivity contribution in [3.05, 3.63) is 0 Å². The molecule has 3 atom stereocenters. The van der Waals surface area contributed by atoms with Crippen LogP contribution in [0.3, 0.4) is 0 Å². The van der Waals surface area contributed by atoms with Gasteiger partial charge >= 0.3 is 6.09 Å².